The summed E-state index contributed by atoms with van der Waals surface area (Å²) in [6.45, 7) is -1.13. The second kappa shape index (κ2) is 4.69. The van der Waals surface area contributed by atoms with Gasteiger partial charge in [-0.25, -0.2) is 0 Å². The zero-order valence-electron chi connectivity index (χ0n) is 12.1. The van der Waals surface area contributed by atoms with E-state index in [9.17, 15) is 9.59 Å². The lowest BCUT2D eigenvalue weighted by Crippen LogP contribution is -2.41. The van der Waals surface area contributed by atoms with Crippen LogP contribution in [0.1, 0.15) is 24.2 Å². The van der Waals surface area contributed by atoms with Crippen molar-refractivity contribution in [2.24, 2.45) is 0 Å². The molecular formula is C16H13NO2. The number of benzene rings is 2. The third-order valence-electron chi connectivity index (χ3n) is 3.00. The molecule has 0 spiro atoms. The summed E-state index contributed by atoms with van der Waals surface area (Å²) in [5.41, 5.74) is 1.28. The number of carbonyl (C=O) groups excluding carboxylic acids is 2. The summed E-state index contributed by atoms with van der Waals surface area (Å²) in [4.78, 5) is 25.7. The molecule has 2 aromatic rings. The molecule has 0 aromatic heterocycles. The number of carbonyl (C=O) groups is 2. The summed E-state index contributed by atoms with van der Waals surface area (Å²) >= 11 is 0. The Balaban J connectivity index is 2.05. The Hall–Kier alpha value is -2.42. The minimum absolute atomic E-state index is 0.324. The highest BCUT2D eigenvalue weighted by Crippen LogP contribution is 2.21. The first kappa shape index (κ1) is 9.50. The van der Waals surface area contributed by atoms with E-state index in [1.54, 1.807) is 54.6 Å². The maximum Gasteiger partial charge on any atom is 0.261 e. The number of imide groups is 1. The predicted octanol–water partition coefficient (Wildman–Crippen LogP) is 2.41. The topological polar surface area (TPSA) is 37.4 Å². The molecule has 3 rings (SSSR count). The highest BCUT2D eigenvalue weighted by Gasteiger charge is 2.30. The monoisotopic (exact) mass is 253 g/mol. The van der Waals surface area contributed by atoms with Crippen LogP contribution in [0.2, 0.25) is 0 Å². The van der Waals surface area contributed by atoms with Gasteiger partial charge in [0.1, 0.15) is 0 Å². The van der Waals surface area contributed by atoms with E-state index in [1.165, 1.54) is 0 Å². The molecule has 0 saturated carbocycles. The van der Waals surface area contributed by atoms with E-state index in [2.05, 4.69) is 0 Å². The molecule has 0 saturated heterocycles. The summed E-state index contributed by atoms with van der Waals surface area (Å²) < 4.78 is 16.2. The Morgan fingerprint density at radius 3 is 2.53 bits per heavy atom. The van der Waals surface area contributed by atoms with E-state index in [-0.39, 0.29) is 0 Å². The van der Waals surface area contributed by atoms with Crippen LogP contribution < -0.4 is 0 Å². The van der Waals surface area contributed by atoms with Crippen LogP contribution in [0, 0.1) is 0 Å². The van der Waals surface area contributed by atoms with Crippen LogP contribution >= 0.6 is 0 Å². The highest BCUT2D eigenvalue weighted by molar-refractivity contribution is 6.09. The second-order valence-electron chi connectivity index (χ2n) is 4.28. The van der Waals surface area contributed by atoms with Gasteiger partial charge in [-0.3, -0.25) is 14.5 Å². The smallest absolute Gasteiger partial charge is 0.261 e. The third kappa shape index (κ3) is 2.15. The number of fused-ring (bicyclic) bond motifs is 1. The van der Waals surface area contributed by atoms with Crippen LogP contribution in [0.5, 0.6) is 0 Å². The van der Waals surface area contributed by atoms with E-state index in [1.807, 2.05) is 0 Å². The van der Waals surface area contributed by atoms with Gasteiger partial charge in [-0.1, -0.05) is 48.5 Å². The van der Waals surface area contributed by atoms with Crippen molar-refractivity contribution in [3.8, 4) is 0 Å². The third-order valence-corrected chi connectivity index (χ3v) is 3.00. The van der Waals surface area contributed by atoms with Gasteiger partial charge in [0.05, 0.1) is 14.3 Å². The molecule has 1 aliphatic heterocycles. The zero-order valence-corrected chi connectivity index (χ0v) is 10.1. The Morgan fingerprint density at radius 1 is 1.05 bits per heavy atom. The molecule has 0 fully saturated rings. The lowest BCUT2D eigenvalue weighted by Gasteiger charge is -2.26. The fourth-order valence-corrected chi connectivity index (χ4v) is 2.06. The Kier molecular flexibility index (Phi) is 2.34. The van der Waals surface area contributed by atoms with Crippen LogP contribution in [0.15, 0.2) is 54.6 Å². The van der Waals surface area contributed by atoms with Gasteiger partial charge in [0.15, 0.2) is 0 Å². The van der Waals surface area contributed by atoms with E-state index in [0.717, 1.165) is 4.90 Å². The van der Waals surface area contributed by atoms with Gasteiger partial charge in [-0.2, -0.15) is 0 Å². The minimum atomic E-state index is -1.16. The summed E-state index contributed by atoms with van der Waals surface area (Å²) in [7, 11) is 0. The van der Waals surface area contributed by atoms with E-state index in [0.29, 0.717) is 16.7 Å². The number of hydrogen-bond donors (Lipinski definition) is 0. The van der Waals surface area contributed by atoms with Gasteiger partial charge in [0.2, 0.25) is 5.91 Å². The van der Waals surface area contributed by atoms with Crippen molar-refractivity contribution >= 4 is 11.8 Å². The largest absolute Gasteiger partial charge is 0.274 e. The molecule has 1 heterocycles. The van der Waals surface area contributed by atoms with Crippen LogP contribution in [-0.4, -0.2) is 16.7 Å². The minimum Gasteiger partial charge on any atom is -0.274 e. The molecule has 0 aliphatic carbocycles. The van der Waals surface area contributed by atoms with Crippen molar-refractivity contribution in [3.63, 3.8) is 0 Å². The van der Waals surface area contributed by atoms with Gasteiger partial charge in [0, 0.05) is 6.93 Å². The number of rotatable bonds is 2. The van der Waals surface area contributed by atoms with Gasteiger partial charge in [-0.05, 0) is 17.2 Å². The molecular weight excluding hydrogens is 238 g/mol. The Labute approximate surface area is 114 Å². The zero-order chi connectivity index (χ0) is 15.0. The normalized spacial score (nSPS) is 21.5. The molecule has 2 atom stereocenters. The number of nitrogens with zero attached hydrogens (tertiary/aromatic N) is 1. The standard InChI is InChI=1S/C16H13NO2/c18-15-10-13-8-4-5-9-14(13)16(19)17(15)11-12-6-2-1-3-7-12/h1-9H,10-11H2/i10D,11D. The summed E-state index contributed by atoms with van der Waals surface area (Å²) in [6, 6.07) is 15.3. The van der Waals surface area contributed by atoms with Crippen molar-refractivity contribution in [3.05, 3.63) is 71.3 Å². The second-order valence-corrected chi connectivity index (χ2v) is 4.28. The fraction of sp³-hybridized carbons (Fsp3) is 0.125. The van der Waals surface area contributed by atoms with E-state index < -0.39 is 24.7 Å². The van der Waals surface area contributed by atoms with Crippen LogP contribution in [0.4, 0.5) is 0 Å². The Bertz CT molecular complexity index is 702. The predicted molar refractivity (Wildman–Crippen MR) is 71.5 cm³/mol. The van der Waals surface area contributed by atoms with E-state index in [4.69, 9.17) is 2.74 Å². The average molecular weight is 253 g/mol. The molecule has 2 unspecified atom stereocenters. The van der Waals surface area contributed by atoms with Crippen molar-refractivity contribution in [1.29, 1.82) is 0 Å². The van der Waals surface area contributed by atoms with Gasteiger partial charge in [-0.15, -0.1) is 0 Å². The summed E-state index contributed by atoms with van der Waals surface area (Å²) in [5.74, 6) is -1.16. The summed E-state index contributed by atoms with van der Waals surface area (Å²) in [6.07, 6.45) is -1.16. The maximum atomic E-state index is 12.5. The molecule has 3 heteroatoms. The van der Waals surface area contributed by atoms with Crippen molar-refractivity contribution in [1.82, 2.24) is 4.90 Å². The molecule has 94 valence electrons. The molecule has 0 radical (unpaired) electrons. The van der Waals surface area contributed by atoms with Crippen LogP contribution in [0.25, 0.3) is 0 Å². The van der Waals surface area contributed by atoms with E-state index >= 15 is 0 Å². The molecule has 2 amide bonds. The quantitative estimate of drug-likeness (QED) is 0.771. The molecule has 1 aliphatic rings. The van der Waals surface area contributed by atoms with Gasteiger partial charge < -0.3 is 0 Å². The lowest BCUT2D eigenvalue weighted by atomic mass is 9.98. The maximum absolute atomic E-state index is 12.5. The number of hydrogen-bond acceptors (Lipinski definition) is 2. The summed E-state index contributed by atoms with van der Waals surface area (Å²) in [5, 5.41) is 0. The van der Waals surface area contributed by atoms with Crippen molar-refractivity contribution < 1.29 is 12.3 Å². The first-order valence-corrected chi connectivity index (χ1v) is 5.97. The molecule has 2 aromatic carbocycles. The Morgan fingerprint density at radius 2 is 1.74 bits per heavy atom. The van der Waals surface area contributed by atoms with Crippen molar-refractivity contribution in [2.45, 2.75) is 12.9 Å². The number of amides is 2. The SMILES string of the molecule is [2H]C1C(=O)N(C([2H])c2ccccc2)C(=O)c2ccccc21. The van der Waals surface area contributed by atoms with Gasteiger partial charge in [0.25, 0.3) is 5.91 Å². The average Bonchev–Trinajstić information content (AvgIpc) is 2.53. The highest BCUT2D eigenvalue weighted by atomic mass is 16.2. The molecule has 3 nitrogen and oxygen atoms in total. The molecule has 0 bridgehead atoms. The van der Waals surface area contributed by atoms with Crippen molar-refractivity contribution in [2.75, 3.05) is 0 Å². The lowest BCUT2D eigenvalue weighted by molar-refractivity contribution is -0.128. The molecule has 0 N–H and O–H groups in total. The fourth-order valence-electron chi connectivity index (χ4n) is 2.06. The first-order chi connectivity index (χ1) is 10.1. The molecule has 19 heavy (non-hydrogen) atoms. The van der Waals surface area contributed by atoms with Crippen LogP contribution in [0.3, 0.4) is 0 Å². The van der Waals surface area contributed by atoms with Crippen LogP contribution in [-0.2, 0) is 17.7 Å². The first-order valence-electron chi connectivity index (χ1n) is 7.12. The van der Waals surface area contributed by atoms with Gasteiger partial charge >= 0.3 is 0 Å².